The van der Waals surface area contributed by atoms with Crippen molar-refractivity contribution in [1.82, 2.24) is 19.7 Å². The number of amides is 1. The van der Waals surface area contributed by atoms with Crippen LogP contribution >= 0.6 is 0 Å². The monoisotopic (exact) mass is 543 g/mol. The zero-order chi connectivity index (χ0) is 28.0. The van der Waals surface area contributed by atoms with Crippen molar-refractivity contribution in [3.63, 3.8) is 0 Å². The number of nitriles is 1. The summed E-state index contributed by atoms with van der Waals surface area (Å²) in [4.78, 5) is 19.3. The summed E-state index contributed by atoms with van der Waals surface area (Å²) in [6, 6.07) is 14.5. The summed E-state index contributed by atoms with van der Waals surface area (Å²) in [5, 5.41) is 21.1. The van der Waals surface area contributed by atoms with E-state index in [1.54, 1.807) is 42.2 Å². The maximum atomic E-state index is 13.7. The van der Waals surface area contributed by atoms with E-state index in [-0.39, 0.29) is 23.5 Å². The van der Waals surface area contributed by atoms with Gasteiger partial charge in [0.25, 0.3) is 5.91 Å². The number of hydrogen-bond acceptors (Lipinski definition) is 6. The molecule has 0 saturated heterocycles. The number of aromatic nitrogens is 4. The Labute approximate surface area is 228 Å². The van der Waals surface area contributed by atoms with Crippen LogP contribution < -0.4 is 10.2 Å². The van der Waals surface area contributed by atoms with Crippen LogP contribution in [0.25, 0.3) is 22.5 Å². The highest BCUT2D eigenvalue weighted by atomic mass is 19.4. The largest absolute Gasteiger partial charge is 0.416 e. The minimum atomic E-state index is -4.59. The van der Waals surface area contributed by atoms with Crippen LogP contribution in [-0.4, -0.2) is 32.2 Å². The number of halogens is 3. The van der Waals surface area contributed by atoms with Crippen LogP contribution in [-0.2, 0) is 19.8 Å². The Hall–Kier alpha value is -4.72. The van der Waals surface area contributed by atoms with Crippen LogP contribution in [0.2, 0.25) is 0 Å². The number of nitrogens with one attached hydrogen (secondary N) is 1. The van der Waals surface area contributed by atoms with Crippen molar-refractivity contribution in [2.24, 2.45) is 13.0 Å². The molecule has 0 unspecified atom stereocenters. The van der Waals surface area contributed by atoms with E-state index < -0.39 is 17.6 Å². The number of hydrogen-bond donors (Lipinski definition) is 1. The maximum Gasteiger partial charge on any atom is 0.416 e. The van der Waals surface area contributed by atoms with Crippen molar-refractivity contribution >= 4 is 17.5 Å². The SMILES string of the molecule is Cn1cnnc1-c1ccc(C#N)cc1-c1cc(NCCC2CC2)nc(N2Cc3c(cccc3C(F)(F)F)C2=O)c1. The van der Waals surface area contributed by atoms with E-state index in [9.17, 15) is 23.2 Å². The van der Waals surface area contributed by atoms with Gasteiger partial charge in [0.15, 0.2) is 5.82 Å². The molecule has 1 aliphatic carbocycles. The first kappa shape index (κ1) is 25.6. The Kier molecular flexibility index (Phi) is 6.25. The van der Waals surface area contributed by atoms with E-state index in [1.165, 1.54) is 29.9 Å². The fourth-order valence-electron chi connectivity index (χ4n) is 5.07. The van der Waals surface area contributed by atoms with E-state index >= 15 is 0 Å². The molecule has 0 spiro atoms. The van der Waals surface area contributed by atoms with Crippen LogP contribution in [0.15, 0.2) is 54.9 Å². The number of carbonyl (C=O) groups excluding carboxylic acids is 1. The lowest BCUT2D eigenvalue weighted by Crippen LogP contribution is -2.24. The highest BCUT2D eigenvalue weighted by molar-refractivity contribution is 6.10. The number of alkyl halides is 3. The summed E-state index contributed by atoms with van der Waals surface area (Å²) in [6.07, 6.45) is 0.348. The Morgan fingerprint density at radius 3 is 2.62 bits per heavy atom. The first-order chi connectivity index (χ1) is 19.2. The summed E-state index contributed by atoms with van der Waals surface area (Å²) in [6.45, 7) is 0.414. The van der Waals surface area contributed by atoms with Crippen LogP contribution in [0.1, 0.15) is 46.3 Å². The Bertz CT molecular complexity index is 1670. The summed E-state index contributed by atoms with van der Waals surface area (Å²) in [5.41, 5.74) is 1.53. The van der Waals surface area contributed by atoms with Crippen molar-refractivity contribution in [3.8, 4) is 28.6 Å². The highest BCUT2D eigenvalue weighted by Crippen LogP contribution is 2.40. The fraction of sp³-hybridized carbons (Fsp3) is 0.276. The zero-order valence-electron chi connectivity index (χ0n) is 21.5. The van der Waals surface area contributed by atoms with Gasteiger partial charge in [-0.1, -0.05) is 18.9 Å². The molecule has 202 valence electrons. The van der Waals surface area contributed by atoms with Crippen molar-refractivity contribution in [2.45, 2.75) is 32.0 Å². The van der Waals surface area contributed by atoms with Gasteiger partial charge in [0.2, 0.25) is 0 Å². The minimum absolute atomic E-state index is 0.0107. The van der Waals surface area contributed by atoms with Crippen LogP contribution in [0, 0.1) is 17.2 Å². The Balaban J connectivity index is 1.46. The lowest BCUT2D eigenvalue weighted by atomic mass is 9.97. The predicted octanol–water partition coefficient (Wildman–Crippen LogP) is 5.81. The third-order valence-corrected chi connectivity index (χ3v) is 7.33. The highest BCUT2D eigenvalue weighted by Gasteiger charge is 2.40. The fourth-order valence-corrected chi connectivity index (χ4v) is 5.07. The van der Waals surface area contributed by atoms with E-state index in [0.717, 1.165) is 12.5 Å². The molecule has 11 heteroatoms. The number of anilines is 2. The maximum absolute atomic E-state index is 13.7. The average Bonchev–Trinajstić information content (AvgIpc) is 3.57. The zero-order valence-corrected chi connectivity index (χ0v) is 21.5. The van der Waals surface area contributed by atoms with Gasteiger partial charge >= 0.3 is 6.18 Å². The van der Waals surface area contributed by atoms with Crippen molar-refractivity contribution < 1.29 is 18.0 Å². The summed E-state index contributed by atoms with van der Waals surface area (Å²) >= 11 is 0. The lowest BCUT2D eigenvalue weighted by molar-refractivity contribution is -0.138. The predicted molar refractivity (Wildman–Crippen MR) is 142 cm³/mol. The molecule has 0 radical (unpaired) electrons. The molecule has 1 fully saturated rings. The molecule has 2 aliphatic rings. The van der Waals surface area contributed by atoms with Gasteiger partial charge in [0.1, 0.15) is 18.0 Å². The van der Waals surface area contributed by atoms with E-state index in [4.69, 9.17) is 0 Å². The molecule has 3 heterocycles. The number of rotatable bonds is 7. The first-order valence-electron chi connectivity index (χ1n) is 12.9. The number of aryl methyl sites for hydroxylation is 1. The summed E-state index contributed by atoms with van der Waals surface area (Å²) in [5.74, 6) is 1.40. The van der Waals surface area contributed by atoms with Gasteiger partial charge in [0, 0.05) is 24.7 Å². The Morgan fingerprint density at radius 1 is 1.10 bits per heavy atom. The van der Waals surface area contributed by atoms with Gasteiger partial charge < -0.3 is 9.88 Å². The van der Waals surface area contributed by atoms with Gasteiger partial charge in [-0.05, 0) is 71.5 Å². The summed E-state index contributed by atoms with van der Waals surface area (Å²) in [7, 11) is 1.80. The molecule has 4 aromatic rings. The van der Waals surface area contributed by atoms with E-state index in [1.807, 2.05) is 6.07 Å². The van der Waals surface area contributed by atoms with Crippen molar-refractivity contribution in [3.05, 3.63) is 77.1 Å². The molecule has 0 bridgehead atoms. The molecule has 1 aliphatic heterocycles. The molecule has 2 aromatic carbocycles. The van der Waals surface area contributed by atoms with Crippen LogP contribution in [0.3, 0.4) is 0 Å². The number of nitrogens with zero attached hydrogens (tertiary/aromatic N) is 6. The summed E-state index contributed by atoms with van der Waals surface area (Å²) < 4.78 is 43.0. The minimum Gasteiger partial charge on any atom is -0.370 e. The van der Waals surface area contributed by atoms with E-state index in [2.05, 4.69) is 26.6 Å². The molecule has 2 aromatic heterocycles. The van der Waals surface area contributed by atoms with Gasteiger partial charge in [-0.2, -0.15) is 18.4 Å². The number of benzene rings is 2. The van der Waals surface area contributed by atoms with Gasteiger partial charge in [-0.25, -0.2) is 4.98 Å². The topological polar surface area (TPSA) is 99.7 Å². The van der Waals surface area contributed by atoms with Crippen molar-refractivity contribution in [1.29, 1.82) is 5.26 Å². The first-order valence-corrected chi connectivity index (χ1v) is 12.9. The number of pyridine rings is 1. The second kappa shape index (κ2) is 9.79. The second-order valence-corrected chi connectivity index (χ2v) is 10.1. The molecule has 1 saturated carbocycles. The smallest absolute Gasteiger partial charge is 0.370 e. The van der Waals surface area contributed by atoms with Crippen LogP contribution in [0.5, 0.6) is 0 Å². The van der Waals surface area contributed by atoms with Gasteiger partial charge in [-0.15, -0.1) is 10.2 Å². The molecule has 6 rings (SSSR count). The Morgan fingerprint density at radius 2 is 1.93 bits per heavy atom. The standard InChI is InChI=1S/C29H24F3N7O/c1-38-16-35-37-27(38)20-8-7-18(14-33)11-22(20)19-12-25(34-10-9-17-5-6-17)36-26(13-19)39-15-23-21(28(39)40)3-2-4-24(23)29(30,31)32/h2-4,7-8,11-13,16-17H,5-6,9-10,15H2,1H3,(H,34,36). The van der Waals surface area contributed by atoms with E-state index in [0.29, 0.717) is 46.4 Å². The van der Waals surface area contributed by atoms with Gasteiger partial charge in [0.05, 0.1) is 23.7 Å². The molecule has 1 amide bonds. The second-order valence-electron chi connectivity index (χ2n) is 10.1. The van der Waals surface area contributed by atoms with Crippen molar-refractivity contribution in [2.75, 3.05) is 16.8 Å². The van der Waals surface area contributed by atoms with Gasteiger partial charge in [-0.3, -0.25) is 9.69 Å². The quantitative estimate of drug-likeness (QED) is 0.316. The molecular weight excluding hydrogens is 519 g/mol. The molecule has 1 N–H and O–H groups in total. The third-order valence-electron chi connectivity index (χ3n) is 7.33. The average molecular weight is 544 g/mol. The molecule has 40 heavy (non-hydrogen) atoms. The molecular formula is C29H24F3N7O. The third kappa shape index (κ3) is 4.77. The number of carbonyl (C=O) groups is 1. The number of fused-ring (bicyclic) bond motifs is 1. The molecule has 0 atom stereocenters. The normalized spacial score (nSPS) is 14.8. The molecule has 8 nitrogen and oxygen atoms in total. The lowest BCUT2D eigenvalue weighted by Gasteiger charge is -2.19. The van der Waals surface area contributed by atoms with Crippen LogP contribution in [0.4, 0.5) is 24.8 Å².